The Morgan fingerprint density at radius 3 is 2.67 bits per heavy atom. The fraction of sp³-hybridized carbons (Fsp3) is 0.846. The summed E-state index contributed by atoms with van der Waals surface area (Å²) >= 11 is 3.53. The zero-order valence-electron chi connectivity index (χ0n) is 11.7. The summed E-state index contributed by atoms with van der Waals surface area (Å²) in [5.74, 6) is 0.629. The van der Waals surface area contributed by atoms with Crippen LogP contribution in [-0.2, 0) is 7.05 Å². The van der Waals surface area contributed by atoms with E-state index < -0.39 is 0 Å². The summed E-state index contributed by atoms with van der Waals surface area (Å²) < 4.78 is 2.75. The molecule has 1 saturated carbocycles. The van der Waals surface area contributed by atoms with Crippen LogP contribution in [0.1, 0.15) is 51.3 Å². The molecular formula is C13H23BrN4. The van der Waals surface area contributed by atoms with Crippen molar-refractivity contribution in [3.63, 3.8) is 0 Å². The number of rotatable bonds is 3. The van der Waals surface area contributed by atoms with E-state index in [2.05, 4.69) is 45.4 Å². The van der Waals surface area contributed by atoms with Crippen molar-refractivity contribution >= 4 is 15.9 Å². The monoisotopic (exact) mass is 314 g/mol. The molecule has 0 aromatic carbocycles. The van der Waals surface area contributed by atoms with Crippen molar-refractivity contribution in [2.24, 2.45) is 18.4 Å². The van der Waals surface area contributed by atoms with Gasteiger partial charge in [0.25, 0.3) is 0 Å². The lowest BCUT2D eigenvalue weighted by molar-refractivity contribution is 0.0979. The van der Waals surface area contributed by atoms with E-state index in [4.69, 9.17) is 0 Å². The molecule has 18 heavy (non-hydrogen) atoms. The van der Waals surface area contributed by atoms with Gasteiger partial charge in [-0.2, -0.15) is 0 Å². The molecular weight excluding hydrogens is 292 g/mol. The third-order valence-electron chi connectivity index (χ3n) is 4.42. The zero-order chi connectivity index (χ0) is 13.3. The molecule has 0 spiro atoms. The third-order valence-corrected chi connectivity index (χ3v) is 4.99. The van der Waals surface area contributed by atoms with Crippen LogP contribution in [0.25, 0.3) is 0 Å². The molecule has 102 valence electrons. The highest BCUT2D eigenvalue weighted by atomic mass is 79.9. The number of aromatic nitrogens is 3. The maximum atomic E-state index is 4.12. The summed E-state index contributed by atoms with van der Waals surface area (Å²) in [6.45, 7) is 4.78. The third kappa shape index (κ3) is 2.48. The molecule has 4 nitrogen and oxygen atoms in total. The average molecular weight is 315 g/mol. The largest absolute Gasteiger partial charge is 0.311 e. The molecule has 0 aliphatic heterocycles. The minimum atomic E-state index is 0.315. The van der Waals surface area contributed by atoms with Crippen LogP contribution in [0, 0.1) is 11.3 Å². The van der Waals surface area contributed by atoms with Crippen molar-refractivity contribution in [3.8, 4) is 0 Å². The van der Waals surface area contributed by atoms with Crippen LogP contribution >= 0.6 is 15.9 Å². The second-order valence-electron chi connectivity index (χ2n) is 6.00. The minimum Gasteiger partial charge on any atom is -0.311 e. The van der Waals surface area contributed by atoms with Crippen molar-refractivity contribution in [2.45, 2.75) is 45.6 Å². The van der Waals surface area contributed by atoms with Gasteiger partial charge in [0.1, 0.15) is 0 Å². The molecule has 1 N–H and O–H groups in total. The van der Waals surface area contributed by atoms with Crippen molar-refractivity contribution in [2.75, 3.05) is 7.05 Å². The van der Waals surface area contributed by atoms with Gasteiger partial charge in [-0.3, -0.25) is 0 Å². The second kappa shape index (κ2) is 5.29. The van der Waals surface area contributed by atoms with E-state index in [1.807, 2.05) is 18.8 Å². The van der Waals surface area contributed by atoms with Crippen LogP contribution in [0.15, 0.2) is 4.60 Å². The van der Waals surface area contributed by atoms with E-state index in [1.165, 1.54) is 25.7 Å². The summed E-state index contributed by atoms with van der Waals surface area (Å²) in [4.78, 5) is 0. The molecule has 5 heteroatoms. The number of hydrogen-bond donors (Lipinski definition) is 1. The molecule has 1 heterocycles. The Hall–Kier alpha value is -0.420. The van der Waals surface area contributed by atoms with Crippen LogP contribution < -0.4 is 5.32 Å². The quantitative estimate of drug-likeness (QED) is 0.932. The van der Waals surface area contributed by atoms with Crippen LogP contribution in [-0.4, -0.2) is 22.0 Å². The summed E-state index contributed by atoms with van der Waals surface area (Å²) in [6.07, 6.45) is 5.26. The fourth-order valence-electron chi connectivity index (χ4n) is 3.34. The molecule has 1 fully saturated rings. The maximum absolute atomic E-state index is 4.12. The van der Waals surface area contributed by atoms with Crippen molar-refractivity contribution in [3.05, 3.63) is 10.3 Å². The Balaban J connectivity index is 2.33. The van der Waals surface area contributed by atoms with Gasteiger partial charge >= 0.3 is 0 Å². The molecule has 1 aliphatic carbocycles. The lowest BCUT2D eigenvalue weighted by Gasteiger charge is -2.43. The van der Waals surface area contributed by atoms with Crippen LogP contribution in [0.2, 0.25) is 0 Å². The first kappa shape index (κ1) is 14.0. The molecule has 2 atom stereocenters. The summed E-state index contributed by atoms with van der Waals surface area (Å²) in [6, 6.07) is 0.315. The van der Waals surface area contributed by atoms with Gasteiger partial charge in [-0.1, -0.05) is 31.9 Å². The average Bonchev–Trinajstić information content (AvgIpc) is 2.63. The summed E-state index contributed by atoms with van der Waals surface area (Å²) in [5, 5.41) is 11.7. The van der Waals surface area contributed by atoms with Gasteiger partial charge in [-0.15, -0.1) is 5.10 Å². The highest BCUT2D eigenvalue weighted by Gasteiger charge is 2.39. The molecule has 1 aliphatic rings. The predicted octanol–water partition coefficient (Wildman–Crippen LogP) is 3.05. The van der Waals surface area contributed by atoms with Crippen LogP contribution in [0.3, 0.4) is 0 Å². The van der Waals surface area contributed by atoms with E-state index in [9.17, 15) is 0 Å². The molecule has 0 saturated heterocycles. The lowest BCUT2D eigenvalue weighted by Crippen LogP contribution is -2.38. The standard InChI is InChI=1S/C13H23BrN4/c1-13(2)8-6-5-7-9(13)10(15-3)11-12(14)16-17-18(11)4/h9-10,15H,5-8H2,1-4H3. The molecule has 0 radical (unpaired) electrons. The predicted molar refractivity (Wildman–Crippen MR) is 76.2 cm³/mol. The molecule has 1 aromatic rings. The van der Waals surface area contributed by atoms with Gasteiger partial charge < -0.3 is 5.32 Å². The highest BCUT2D eigenvalue weighted by molar-refractivity contribution is 9.10. The zero-order valence-corrected chi connectivity index (χ0v) is 13.3. The number of nitrogens with zero attached hydrogens (tertiary/aromatic N) is 3. The summed E-state index contributed by atoms with van der Waals surface area (Å²) in [7, 11) is 4.00. The first-order valence-corrected chi connectivity index (χ1v) is 7.49. The van der Waals surface area contributed by atoms with Crippen LogP contribution in [0.5, 0.6) is 0 Å². The van der Waals surface area contributed by atoms with Gasteiger partial charge in [-0.05, 0) is 47.2 Å². The van der Waals surface area contributed by atoms with Gasteiger partial charge in [0.05, 0.1) is 11.7 Å². The first-order chi connectivity index (χ1) is 8.47. The maximum Gasteiger partial charge on any atom is 0.153 e. The van der Waals surface area contributed by atoms with Crippen LogP contribution in [0.4, 0.5) is 0 Å². The number of hydrogen-bond acceptors (Lipinski definition) is 3. The Morgan fingerprint density at radius 1 is 1.44 bits per heavy atom. The number of halogens is 1. The molecule has 0 bridgehead atoms. The normalized spacial score (nSPS) is 25.1. The van der Waals surface area contributed by atoms with Gasteiger partial charge in [0.15, 0.2) is 4.60 Å². The second-order valence-corrected chi connectivity index (χ2v) is 6.75. The fourth-order valence-corrected chi connectivity index (χ4v) is 3.91. The Morgan fingerprint density at radius 2 is 2.17 bits per heavy atom. The van der Waals surface area contributed by atoms with E-state index in [0.717, 1.165) is 10.3 Å². The SMILES string of the molecule is CNC(c1c(Br)nnn1C)C1CCCCC1(C)C. The van der Waals surface area contributed by atoms with Gasteiger partial charge in [-0.25, -0.2) is 4.68 Å². The minimum absolute atomic E-state index is 0.315. The Kier molecular flexibility index (Phi) is 4.11. The van der Waals surface area contributed by atoms with Crippen molar-refractivity contribution in [1.82, 2.24) is 20.3 Å². The number of nitrogens with one attached hydrogen (secondary N) is 1. The van der Waals surface area contributed by atoms with E-state index in [-0.39, 0.29) is 0 Å². The van der Waals surface area contributed by atoms with Gasteiger partial charge in [0, 0.05) is 7.05 Å². The first-order valence-electron chi connectivity index (χ1n) is 6.69. The molecule has 2 unspecified atom stereocenters. The Bertz CT molecular complexity index is 394. The molecule has 1 aromatic heterocycles. The Labute approximate surface area is 118 Å². The molecule has 0 amide bonds. The smallest absolute Gasteiger partial charge is 0.153 e. The lowest BCUT2D eigenvalue weighted by atomic mass is 9.65. The van der Waals surface area contributed by atoms with Gasteiger partial charge in [0.2, 0.25) is 0 Å². The van der Waals surface area contributed by atoms with E-state index in [1.54, 1.807) is 0 Å². The van der Waals surface area contributed by atoms with Crippen molar-refractivity contribution in [1.29, 1.82) is 0 Å². The van der Waals surface area contributed by atoms with E-state index in [0.29, 0.717) is 17.4 Å². The molecule has 2 rings (SSSR count). The topological polar surface area (TPSA) is 42.7 Å². The number of aryl methyl sites for hydroxylation is 1. The van der Waals surface area contributed by atoms with E-state index >= 15 is 0 Å². The van der Waals surface area contributed by atoms with Crippen molar-refractivity contribution < 1.29 is 0 Å². The summed E-state index contributed by atoms with van der Waals surface area (Å²) in [5.41, 5.74) is 1.54. The highest BCUT2D eigenvalue weighted by Crippen LogP contribution is 2.47.